The second-order valence-electron chi connectivity index (χ2n) is 4.41. The topological polar surface area (TPSA) is 68.2 Å². The number of amides is 1. The van der Waals surface area contributed by atoms with Gasteiger partial charge in [-0.1, -0.05) is 0 Å². The molecule has 1 aromatic rings. The van der Waals surface area contributed by atoms with Gasteiger partial charge in [-0.15, -0.1) is 24.8 Å². The molecule has 2 rings (SSSR count). The maximum absolute atomic E-state index is 12.1. The second-order valence-corrected chi connectivity index (χ2v) is 4.41. The normalized spacial score (nSPS) is 17.9. The molecule has 1 aliphatic heterocycles. The van der Waals surface area contributed by atoms with Crippen molar-refractivity contribution in [2.45, 2.75) is 33.4 Å². The van der Waals surface area contributed by atoms with Crippen LogP contribution < -0.4 is 10.6 Å². The van der Waals surface area contributed by atoms with E-state index in [1.807, 2.05) is 25.5 Å². The van der Waals surface area contributed by atoms with Crippen LogP contribution in [0.15, 0.2) is 0 Å². The standard InChI is InChI=1S/C12H20N4O2.2ClH/c1-4-16-9(3)11(8(2)15-16)14-12(17)10-7-13-5-6-18-10;;/h10,13H,4-7H2,1-3H3,(H,14,17);2*1H. The van der Waals surface area contributed by atoms with Gasteiger partial charge in [0.15, 0.2) is 0 Å². The van der Waals surface area contributed by atoms with Crippen molar-refractivity contribution in [2.75, 3.05) is 25.0 Å². The van der Waals surface area contributed by atoms with Crippen LogP contribution >= 0.6 is 24.8 Å². The van der Waals surface area contributed by atoms with E-state index >= 15 is 0 Å². The Morgan fingerprint density at radius 1 is 1.50 bits per heavy atom. The van der Waals surface area contributed by atoms with E-state index in [9.17, 15) is 4.79 Å². The number of hydrogen-bond donors (Lipinski definition) is 2. The molecule has 6 nitrogen and oxygen atoms in total. The van der Waals surface area contributed by atoms with E-state index in [1.165, 1.54) is 0 Å². The Balaban J connectivity index is 0.00000180. The third-order valence-corrected chi connectivity index (χ3v) is 3.15. The number of halogens is 2. The van der Waals surface area contributed by atoms with Crippen molar-refractivity contribution in [1.82, 2.24) is 15.1 Å². The van der Waals surface area contributed by atoms with Crippen molar-refractivity contribution in [3.63, 3.8) is 0 Å². The lowest BCUT2D eigenvalue weighted by Crippen LogP contribution is -2.45. The molecule has 1 unspecified atom stereocenters. The first-order valence-corrected chi connectivity index (χ1v) is 6.30. The molecule has 1 atom stereocenters. The third-order valence-electron chi connectivity index (χ3n) is 3.15. The molecule has 2 N–H and O–H groups in total. The number of aromatic nitrogens is 2. The van der Waals surface area contributed by atoms with Gasteiger partial charge in [-0.2, -0.15) is 5.10 Å². The highest BCUT2D eigenvalue weighted by Crippen LogP contribution is 2.19. The number of nitrogens with one attached hydrogen (secondary N) is 2. The summed E-state index contributed by atoms with van der Waals surface area (Å²) >= 11 is 0. The Hall–Kier alpha value is -0.820. The third kappa shape index (κ3) is 4.09. The molecule has 1 fully saturated rings. The average Bonchev–Trinajstić information content (AvgIpc) is 2.67. The fourth-order valence-corrected chi connectivity index (χ4v) is 2.12. The minimum atomic E-state index is -0.414. The molecular formula is C12H22Cl2N4O2. The van der Waals surface area contributed by atoms with Crippen LogP contribution in [0, 0.1) is 13.8 Å². The van der Waals surface area contributed by atoms with Gasteiger partial charge in [0.1, 0.15) is 6.10 Å². The van der Waals surface area contributed by atoms with Crippen LogP contribution in [-0.4, -0.2) is 41.5 Å². The van der Waals surface area contributed by atoms with Crippen molar-refractivity contribution in [3.8, 4) is 0 Å². The Labute approximate surface area is 131 Å². The van der Waals surface area contributed by atoms with Gasteiger partial charge in [-0.05, 0) is 20.8 Å². The first-order chi connectivity index (χ1) is 8.63. The predicted octanol–water partition coefficient (Wildman–Crippen LogP) is 1.29. The molecule has 0 bridgehead atoms. The van der Waals surface area contributed by atoms with Gasteiger partial charge < -0.3 is 15.4 Å². The molecule has 1 saturated heterocycles. The smallest absolute Gasteiger partial charge is 0.254 e. The van der Waals surface area contributed by atoms with Crippen LogP contribution in [0.4, 0.5) is 5.69 Å². The number of nitrogens with zero attached hydrogens (tertiary/aromatic N) is 2. The first kappa shape index (κ1) is 19.2. The largest absolute Gasteiger partial charge is 0.366 e. The zero-order valence-electron chi connectivity index (χ0n) is 11.9. The monoisotopic (exact) mass is 324 g/mol. The van der Waals surface area contributed by atoms with E-state index in [4.69, 9.17) is 4.74 Å². The molecule has 0 aromatic carbocycles. The summed E-state index contributed by atoms with van der Waals surface area (Å²) in [5.74, 6) is -0.107. The van der Waals surface area contributed by atoms with E-state index in [0.717, 1.165) is 30.2 Å². The summed E-state index contributed by atoms with van der Waals surface area (Å²) in [7, 11) is 0. The van der Waals surface area contributed by atoms with Crippen molar-refractivity contribution in [1.29, 1.82) is 0 Å². The van der Waals surface area contributed by atoms with Crippen LogP contribution in [0.5, 0.6) is 0 Å². The molecule has 1 aliphatic rings. The summed E-state index contributed by atoms with van der Waals surface area (Å²) in [6.07, 6.45) is -0.414. The van der Waals surface area contributed by atoms with Gasteiger partial charge >= 0.3 is 0 Å². The molecule has 0 saturated carbocycles. The van der Waals surface area contributed by atoms with Gasteiger partial charge in [-0.3, -0.25) is 9.48 Å². The Kier molecular flexibility index (Phi) is 8.12. The highest BCUT2D eigenvalue weighted by Gasteiger charge is 2.23. The summed E-state index contributed by atoms with van der Waals surface area (Å²) < 4.78 is 7.30. The molecular weight excluding hydrogens is 303 g/mol. The van der Waals surface area contributed by atoms with Gasteiger partial charge in [-0.25, -0.2) is 0 Å². The molecule has 2 heterocycles. The van der Waals surface area contributed by atoms with Gasteiger partial charge in [0.05, 0.1) is 23.7 Å². The van der Waals surface area contributed by atoms with E-state index in [1.54, 1.807) is 0 Å². The molecule has 0 aliphatic carbocycles. The predicted molar refractivity (Wildman–Crippen MR) is 83.1 cm³/mol. The number of carbonyl (C=O) groups excluding carboxylic acids is 1. The molecule has 1 amide bonds. The molecule has 0 radical (unpaired) electrons. The van der Waals surface area contributed by atoms with Crippen LogP contribution in [0.1, 0.15) is 18.3 Å². The van der Waals surface area contributed by atoms with Gasteiger partial charge in [0, 0.05) is 19.6 Å². The lowest BCUT2D eigenvalue weighted by Gasteiger charge is -2.22. The number of aryl methyl sites for hydroxylation is 2. The highest BCUT2D eigenvalue weighted by atomic mass is 35.5. The molecule has 20 heavy (non-hydrogen) atoms. The Morgan fingerprint density at radius 2 is 2.20 bits per heavy atom. The van der Waals surface area contributed by atoms with Crippen molar-refractivity contribution in [3.05, 3.63) is 11.4 Å². The number of hydrogen-bond acceptors (Lipinski definition) is 4. The maximum atomic E-state index is 12.1. The summed E-state index contributed by atoms with van der Waals surface area (Å²) in [6, 6.07) is 0. The van der Waals surface area contributed by atoms with E-state index in [0.29, 0.717) is 13.2 Å². The fraction of sp³-hybridized carbons (Fsp3) is 0.667. The zero-order chi connectivity index (χ0) is 13.1. The summed E-state index contributed by atoms with van der Waals surface area (Å²) in [4.78, 5) is 12.1. The fourth-order valence-electron chi connectivity index (χ4n) is 2.12. The van der Waals surface area contributed by atoms with Crippen molar-refractivity contribution >= 4 is 36.4 Å². The molecule has 0 spiro atoms. The number of ether oxygens (including phenoxy) is 1. The minimum Gasteiger partial charge on any atom is -0.366 e. The van der Waals surface area contributed by atoms with E-state index in [2.05, 4.69) is 15.7 Å². The average molecular weight is 325 g/mol. The molecule has 116 valence electrons. The number of morpholine rings is 1. The lowest BCUT2D eigenvalue weighted by molar-refractivity contribution is -0.128. The number of anilines is 1. The molecule has 1 aromatic heterocycles. The Bertz CT molecular complexity index is 445. The van der Waals surface area contributed by atoms with Crippen molar-refractivity contribution in [2.24, 2.45) is 0 Å². The van der Waals surface area contributed by atoms with E-state index < -0.39 is 6.10 Å². The SMILES string of the molecule is CCn1nc(C)c(NC(=O)C2CNCCO2)c1C.Cl.Cl. The van der Waals surface area contributed by atoms with Crippen LogP contribution in [0.2, 0.25) is 0 Å². The van der Waals surface area contributed by atoms with Crippen LogP contribution in [0.25, 0.3) is 0 Å². The van der Waals surface area contributed by atoms with Gasteiger partial charge in [0.25, 0.3) is 5.91 Å². The molecule has 8 heteroatoms. The summed E-state index contributed by atoms with van der Waals surface area (Å²) in [5.41, 5.74) is 2.62. The maximum Gasteiger partial charge on any atom is 0.254 e. The first-order valence-electron chi connectivity index (χ1n) is 6.30. The van der Waals surface area contributed by atoms with E-state index in [-0.39, 0.29) is 30.7 Å². The number of carbonyl (C=O) groups is 1. The van der Waals surface area contributed by atoms with Crippen LogP contribution in [0.3, 0.4) is 0 Å². The Morgan fingerprint density at radius 3 is 2.70 bits per heavy atom. The highest BCUT2D eigenvalue weighted by molar-refractivity contribution is 5.95. The zero-order valence-corrected chi connectivity index (χ0v) is 13.6. The number of rotatable bonds is 3. The second kappa shape index (κ2) is 8.46. The van der Waals surface area contributed by atoms with Crippen LogP contribution in [-0.2, 0) is 16.1 Å². The lowest BCUT2D eigenvalue weighted by atomic mass is 10.2. The van der Waals surface area contributed by atoms with Gasteiger partial charge in [0.2, 0.25) is 0 Å². The quantitative estimate of drug-likeness (QED) is 0.879. The van der Waals surface area contributed by atoms with Crippen molar-refractivity contribution < 1.29 is 9.53 Å². The summed E-state index contributed by atoms with van der Waals surface area (Å²) in [6.45, 7) is 8.61. The summed E-state index contributed by atoms with van der Waals surface area (Å²) in [5, 5.41) is 10.4. The minimum absolute atomic E-state index is 0.